The van der Waals surface area contributed by atoms with Gasteiger partial charge in [-0.1, -0.05) is 56.3 Å². The number of hydrogen-bond acceptors (Lipinski definition) is 2. The van der Waals surface area contributed by atoms with E-state index < -0.39 is 5.66 Å². The summed E-state index contributed by atoms with van der Waals surface area (Å²) in [6.07, 6.45) is 3.89. The first-order valence-corrected chi connectivity index (χ1v) is 11.2. The zero-order valence-corrected chi connectivity index (χ0v) is 18.9. The van der Waals surface area contributed by atoms with Crippen molar-refractivity contribution >= 4 is 17.6 Å². The lowest BCUT2D eigenvalue weighted by Crippen LogP contribution is -2.62. The molecule has 0 aliphatic carbocycles. The molecule has 168 valence electrons. The molecule has 6 nitrogen and oxygen atoms in total. The van der Waals surface area contributed by atoms with Crippen molar-refractivity contribution in [2.24, 2.45) is 15.9 Å². The summed E-state index contributed by atoms with van der Waals surface area (Å²) < 4.78 is 14.2. The van der Waals surface area contributed by atoms with Crippen LogP contribution < -0.4 is 16.0 Å². The normalized spacial score (nSPS) is 22.4. The zero-order valence-electron chi connectivity index (χ0n) is 18.9. The van der Waals surface area contributed by atoms with Gasteiger partial charge in [-0.15, -0.1) is 0 Å². The smallest absolute Gasteiger partial charge is 0.205 e. The van der Waals surface area contributed by atoms with Gasteiger partial charge in [-0.3, -0.25) is 4.99 Å². The first-order chi connectivity index (χ1) is 15.5. The van der Waals surface area contributed by atoms with Gasteiger partial charge in [0.15, 0.2) is 11.6 Å². The van der Waals surface area contributed by atoms with Gasteiger partial charge in [-0.05, 0) is 43.4 Å². The molecule has 0 saturated carbocycles. The number of hydrogen-bond donors (Lipinski definition) is 3. The van der Waals surface area contributed by atoms with E-state index in [1.807, 2.05) is 12.3 Å². The molecule has 0 aromatic heterocycles. The van der Waals surface area contributed by atoms with E-state index in [1.165, 1.54) is 11.6 Å². The molecular weight excluding hydrogens is 403 g/mol. The minimum atomic E-state index is -0.544. The Labute approximate surface area is 189 Å². The number of aliphatic imine (C=N–C) groups is 2. The van der Waals surface area contributed by atoms with Crippen molar-refractivity contribution in [3.63, 3.8) is 0 Å². The second-order valence-electron chi connectivity index (χ2n) is 8.74. The molecule has 1 unspecified atom stereocenters. The van der Waals surface area contributed by atoms with Crippen LogP contribution >= 0.6 is 0 Å². The maximum absolute atomic E-state index is 14.2. The summed E-state index contributed by atoms with van der Waals surface area (Å²) in [6, 6.07) is 17.0. The molecule has 2 heterocycles. The molecule has 1 saturated heterocycles. The number of nitrogens with zero attached hydrogens (tertiary/aromatic N) is 3. The highest BCUT2D eigenvalue weighted by Crippen LogP contribution is 2.30. The average Bonchev–Trinajstić information content (AvgIpc) is 3.04. The molecule has 1 atom stereocenters. The van der Waals surface area contributed by atoms with E-state index in [-0.39, 0.29) is 5.82 Å². The van der Waals surface area contributed by atoms with Crippen molar-refractivity contribution in [3.8, 4) is 0 Å². The van der Waals surface area contributed by atoms with Gasteiger partial charge < -0.3 is 20.9 Å². The number of rotatable bonds is 7. The lowest BCUT2D eigenvalue weighted by molar-refractivity contribution is 0.209. The summed E-state index contributed by atoms with van der Waals surface area (Å²) >= 11 is 0. The Morgan fingerprint density at radius 2 is 1.81 bits per heavy atom. The van der Waals surface area contributed by atoms with Crippen molar-refractivity contribution in [1.82, 2.24) is 20.9 Å². The van der Waals surface area contributed by atoms with Crippen LogP contribution in [0.5, 0.6) is 0 Å². The predicted molar refractivity (Wildman–Crippen MR) is 128 cm³/mol. The van der Waals surface area contributed by atoms with Crippen molar-refractivity contribution in [3.05, 3.63) is 77.9 Å². The monoisotopic (exact) mass is 434 g/mol. The minimum absolute atomic E-state index is 0.314. The second kappa shape index (κ2) is 9.42. The van der Waals surface area contributed by atoms with Crippen LogP contribution in [0.15, 0.2) is 76.5 Å². The van der Waals surface area contributed by atoms with Gasteiger partial charge in [-0.2, -0.15) is 0 Å². The van der Waals surface area contributed by atoms with Crippen molar-refractivity contribution in [1.29, 1.82) is 0 Å². The largest absolute Gasteiger partial charge is 0.331 e. The van der Waals surface area contributed by atoms with Crippen LogP contribution in [-0.4, -0.2) is 35.6 Å². The van der Waals surface area contributed by atoms with Gasteiger partial charge in [0.05, 0.1) is 5.70 Å². The van der Waals surface area contributed by atoms with E-state index in [0.717, 1.165) is 37.6 Å². The van der Waals surface area contributed by atoms with Crippen molar-refractivity contribution in [2.75, 3.05) is 13.1 Å². The fourth-order valence-electron chi connectivity index (χ4n) is 3.97. The molecule has 4 rings (SSSR count). The molecule has 2 aliphatic rings. The Morgan fingerprint density at radius 3 is 2.56 bits per heavy atom. The number of benzene rings is 2. The van der Waals surface area contributed by atoms with Crippen LogP contribution in [0.25, 0.3) is 0 Å². The molecule has 0 spiro atoms. The summed E-state index contributed by atoms with van der Waals surface area (Å²) in [5.41, 5.74) is 2.02. The Bertz CT molecular complexity index is 1030. The van der Waals surface area contributed by atoms with E-state index in [2.05, 4.69) is 70.9 Å². The number of para-hydroxylation sites is 1. The number of guanidine groups is 2. The molecule has 0 radical (unpaired) electrons. The van der Waals surface area contributed by atoms with Crippen LogP contribution in [0, 0.1) is 11.7 Å². The summed E-state index contributed by atoms with van der Waals surface area (Å²) in [4.78, 5) is 11.5. The molecule has 0 amide bonds. The van der Waals surface area contributed by atoms with Crippen LogP contribution in [0.2, 0.25) is 0 Å². The highest BCUT2D eigenvalue weighted by atomic mass is 19.1. The lowest BCUT2D eigenvalue weighted by atomic mass is 10.1. The zero-order chi connectivity index (χ0) is 22.6. The fourth-order valence-corrected chi connectivity index (χ4v) is 3.97. The number of aryl methyl sites for hydroxylation is 1. The number of fused-ring (bicyclic) bond motifs is 1. The SMILES string of the molecule is CC(C)CN1C(=Nc2ccccc2F)NC2=CNC(=NCCCc3ccccc3)NC21C. The first kappa shape index (κ1) is 21.9. The number of halogens is 1. The molecule has 1 fully saturated rings. The summed E-state index contributed by atoms with van der Waals surface area (Å²) in [5, 5.41) is 10.1. The van der Waals surface area contributed by atoms with E-state index in [0.29, 0.717) is 17.6 Å². The predicted octanol–water partition coefficient (Wildman–Crippen LogP) is 4.11. The third kappa shape index (κ3) is 4.77. The Balaban J connectivity index is 1.51. The summed E-state index contributed by atoms with van der Waals surface area (Å²) in [7, 11) is 0. The van der Waals surface area contributed by atoms with E-state index >= 15 is 0 Å². The molecule has 3 N–H and O–H groups in total. The molecule has 32 heavy (non-hydrogen) atoms. The molecule has 2 aliphatic heterocycles. The Morgan fingerprint density at radius 1 is 1.06 bits per heavy atom. The molecule has 2 aromatic rings. The van der Waals surface area contributed by atoms with Gasteiger partial charge in [-0.25, -0.2) is 9.38 Å². The Hall–Kier alpha value is -3.35. The second-order valence-corrected chi connectivity index (χ2v) is 8.74. The van der Waals surface area contributed by atoms with Crippen molar-refractivity contribution < 1.29 is 4.39 Å². The maximum Gasteiger partial charge on any atom is 0.205 e. The quantitative estimate of drug-likeness (QED) is 0.574. The van der Waals surface area contributed by atoms with Gasteiger partial charge in [0.25, 0.3) is 0 Å². The van der Waals surface area contributed by atoms with Crippen molar-refractivity contribution in [2.45, 2.75) is 39.3 Å². The number of nitrogens with one attached hydrogen (secondary N) is 3. The van der Waals surface area contributed by atoms with E-state index in [4.69, 9.17) is 4.99 Å². The standard InChI is InChI=1S/C25H31FN6/c1-18(2)17-32-24(29-21-14-8-7-13-20(21)26)30-22-16-28-23(31-25(22,32)3)27-15-9-12-19-10-5-4-6-11-19/h4-8,10-11,13-14,16,18H,9,12,15,17H2,1-3H3,(H,29,30)(H2,27,28,31). The molecule has 7 heteroatoms. The van der Waals surface area contributed by atoms with E-state index in [1.54, 1.807) is 18.2 Å². The average molecular weight is 435 g/mol. The van der Waals surface area contributed by atoms with Gasteiger partial charge in [0, 0.05) is 19.3 Å². The summed E-state index contributed by atoms with van der Waals surface area (Å²) in [6.45, 7) is 7.88. The fraction of sp³-hybridized carbons (Fsp3) is 0.360. The molecule has 2 aromatic carbocycles. The Kier molecular flexibility index (Phi) is 6.44. The van der Waals surface area contributed by atoms with E-state index in [9.17, 15) is 4.39 Å². The highest BCUT2D eigenvalue weighted by Gasteiger charge is 2.47. The minimum Gasteiger partial charge on any atom is -0.331 e. The first-order valence-electron chi connectivity index (χ1n) is 11.2. The van der Waals surface area contributed by atoms with Crippen LogP contribution in [0.1, 0.15) is 32.8 Å². The van der Waals surface area contributed by atoms with Crippen LogP contribution in [0.4, 0.5) is 10.1 Å². The third-order valence-electron chi connectivity index (χ3n) is 5.64. The third-order valence-corrected chi connectivity index (χ3v) is 5.64. The maximum atomic E-state index is 14.2. The van der Waals surface area contributed by atoms with Crippen LogP contribution in [0.3, 0.4) is 0 Å². The summed E-state index contributed by atoms with van der Waals surface area (Å²) in [5.74, 6) is 1.40. The van der Waals surface area contributed by atoms with Gasteiger partial charge >= 0.3 is 0 Å². The molecular formula is C25H31FN6. The topological polar surface area (TPSA) is 64.0 Å². The van der Waals surface area contributed by atoms with Gasteiger partial charge in [0.1, 0.15) is 11.5 Å². The highest BCUT2D eigenvalue weighted by molar-refractivity contribution is 5.92. The molecule has 0 bridgehead atoms. The van der Waals surface area contributed by atoms with Gasteiger partial charge in [0.2, 0.25) is 5.96 Å². The lowest BCUT2D eigenvalue weighted by Gasteiger charge is -2.40. The van der Waals surface area contributed by atoms with Crippen LogP contribution in [-0.2, 0) is 6.42 Å².